The number of phenolic OH excluding ortho intramolecular Hbond substituents is 1. The fourth-order valence-corrected chi connectivity index (χ4v) is 1.91. The molecule has 0 atom stereocenters. The number of anilines is 2. The number of carbonyl (C=O) groups excluding carboxylic acids is 1. The zero-order valence-electron chi connectivity index (χ0n) is 11.5. The van der Waals surface area contributed by atoms with Gasteiger partial charge in [-0.25, -0.2) is 4.79 Å². The standard InChI is InChI=1S/C14H12ClN3O4/c1-8-2-4-10(18(21)22)7-11(8)16-14(20)17-12-6-9(15)3-5-13(12)19/h2-7,19H,1H3,(H2,16,17,20). The van der Waals surface area contributed by atoms with Crippen molar-refractivity contribution in [2.75, 3.05) is 10.6 Å². The van der Waals surface area contributed by atoms with Crippen molar-refractivity contribution in [1.29, 1.82) is 0 Å². The fraction of sp³-hybridized carbons (Fsp3) is 0.0714. The highest BCUT2D eigenvalue weighted by atomic mass is 35.5. The van der Waals surface area contributed by atoms with Gasteiger partial charge in [0, 0.05) is 17.2 Å². The first-order valence-corrected chi connectivity index (χ1v) is 6.56. The number of hydrogen-bond acceptors (Lipinski definition) is 4. The van der Waals surface area contributed by atoms with Crippen molar-refractivity contribution in [2.24, 2.45) is 0 Å². The Labute approximate surface area is 130 Å². The zero-order chi connectivity index (χ0) is 16.3. The number of nitro groups is 1. The van der Waals surface area contributed by atoms with E-state index < -0.39 is 11.0 Å². The number of urea groups is 1. The predicted octanol–water partition coefficient (Wildman–Crippen LogP) is 3.91. The molecule has 3 N–H and O–H groups in total. The fourth-order valence-electron chi connectivity index (χ4n) is 1.74. The van der Waals surface area contributed by atoms with Crippen LogP contribution in [0.3, 0.4) is 0 Å². The van der Waals surface area contributed by atoms with E-state index in [1.165, 1.54) is 36.4 Å². The molecule has 2 aromatic rings. The first-order valence-electron chi connectivity index (χ1n) is 6.18. The van der Waals surface area contributed by atoms with Crippen LogP contribution in [0.1, 0.15) is 5.56 Å². The predicted molar refractivity (Wildman–Crippen MR) is 83.6 cm³/mol. The number of phenols is 1. The Bertz CT molecular complexity index is 749. The molecule has 0 fully saturated rings. The van der Waals surface area contributed by atoms with Gasteiger partial charge in [0.1, 0.15) is 5.75 Å². The van der Waals surface area contributed by atoms with E-state index in [-0.39, 0.29) is 17.1 Å². The molecule has 0 heterocycles. The maximum atomic E-state index is 11.9. The van der Waals surface area contributed by atoms with Crippen molar-refractivity contribution in [3.63, 3.8) is 0 Å². The number of halogens is 1. The molecule has 0 aliphatic rings. The summed E-state index contributed by atoms with van der Waals surface area (Å²) in [5.41, 5.74) is 0.962. The number of nitro benzene ring substituents is 1. The molecule has 0 saturated heterocycles. The highest BCUT2D eigenvalue weighted by Gasteiger charge is 2.12. The lowest BCUT2D eigenvalue weighted by molar-refractivity contribution is -0.384. The smallest absolute Gasteiger partial charge is 0.323 e. The molecule has 0 spiro atoms. The molecule has 2 rings (SSSR count). The highest BCUT2D eigenvalue weighted by molar-refractivity contribution is 6.31. The summed E-state index contributed by atoms with van der Waals surface area (Å²) in [6, 6.07) is 7.69. The van der Waals surface area contributed by atoms with Crippen LogP contribution in [0.15, 0.2) is 36.4 Å². The van der Waals surface area contributed by atoms with Crippen LogP contribution in [0.4, 0.5) is 21.9 Å². The van der Waals surface area contributed by atoms with Crippen molar-refractivity contribution >= 4 is 34.7 Å². The number of nitrogens with one attached hydrogen (secondary N) is 2. The molecule has 0 bridgehead atoms. The van der Waals surface area contributed by atoms with Gasteiger partial charge in [-0.1, -0.05) is 17.7 Å². The number of hydrogen-bond donors (Lipinski definition) is 3. The van der Waals surface area contributed by atoms with Gasteiger partial charge >= 0.3 is 6.03 Å². The number of aryl methyl sites for hydroxylation is 1. The summed E-state index contributed by atoms with van der Waals surface area (Å²) in [4.78, 5) is 22.1. The molecular weight excluding hydrogens is 310 g/mol. The average molecular weight is 322 g/mol. The van der Waals surface area contributed by atoms with E-state index in [1.807, 2.05) is 0 Å². The van der Waals surface area contributed by atoms with E-state index in [0.717, 1.165) is 0 Å². The molecule has 2 aromatic carbocycles. The summed E-state index contributed by atoms with van der Waals surface area (Å²) < 4.78 is 0. The molecule has 0 aliphatic heterocycles. The third-order valence-corrected chi connectivity index (χ3v) is 3.12. The van der Waals surface area contributed by atoms with E-state index in [1.54, 1.807) is 6.92 Å². The van der Waals surface area contributed by atoms with E-state index in [4.69, 9.17) is 11.6 Å². The van der Waals surface area contributed by atoms with Gasteiger partial charge in [-0.05, 0) is 30.7 Å². The zero-order valence-corrected chi connectivity index (χ0v) is 12.2. The lowest BCUT2D eigenvalue weighted by Crippen LogP contribution is -2.20. The number of aromatic hydroxyl groups is 1. The molecule has 7 nitrogen and oxygen atoms in total. The topological polar surface area (TPSA) is 105 Å². The SMILES string of the molecule is Cc1ccc([N+](=O)[O-])cc1NC(=O)Nc1cc(Cl)ccc1O. The average Bonchev–Trinajstić information content (AvgIpc) is 2.45. The number of benzene rings is 2. The van der Waals surface area contributed by atoms with Crippen molar-refractivity contribution in [3.05, 3.63) is 57.1 Å². The van der Waals surface area contributed by atoms with Gasteiger partial charge < -0.3 is 15.7 Å². The maximum absolute atomic E-state index is 11.9. The summed E-state index contributed by atoms with van der Waals surface area (Å²) in [7, 11) is 0. The van der Waals surface area contributed by atoms with Crippen LogP contribution in [-0.4, -0.2) is 16.1 Å². The minimum absolute atomic E-state index is 0.132. The second kappa shape index (κ2) is 6.31. The van der Waals surface area contributed by atoms with E-state index in [9.17, 15) is 20.0 Å². The Hall–Kier alpha value is -2.80. The molecule has 8 heteroatoms. The molecule has 0 aliphatic carbocycles. The highest BCUT2D eigenvalue weighted by Crippen LogP contribution is 2.27. The van der Waals surface area contributed by atoms with Crippen molar-refractivity contribution in [3.8, 4) is 5.75 Å². The molecular formula is C14H12ClN3O4. The Morgan fingerprint density at radius 3 is 2.55 bits per heavy atom. The van der Waals surface area contributed by atoms with Gasteiger partial charge in [-0.3, -0.25) is 10.1 Å². The number of rotatable bonds is 3. The van der Waals surface area contributed by atoms with Gasteiger partial charge in [-0.15, -0.1) is 0 Å². The molecule has 0 saturated carbocycles. The van der Waals surface area contributed by atoms with Gasteiger partial charge in [0.05, 0.1) is 16.3 Å². The van der Waals surface area contributed by atoms with Crippen LogP contribution in [0.25, 0.3) is 0 Å². The van der Waals surface area contributed by atoms with Gasteiger partial charge in [0.15, 0.2) is 0 Å². The summed E-state index contributed by atoms with van der Waals surface area (Å²) >= 11 is 5.78. The maximum Gasteiger partial charge on any atom is 0.323 e. The number of amides is 2. The minimum Gasteiger partial charge on any atom is -0.506 e. The van der Waals surface area contributed by atoms with Crippen molar-refractivity contribution < 1.29 is 14.8 Å². The van der Waals surface area contributed by atoms with Crippen LogP contribution >= 0.6 is 11.6 Å². The monoisotopic (exact) mass is 321 g/mol. The van der Waals surface area contributed by atoms with Crippen molar-refractivity contribution in [2.45, 2.75) is 6.92 Å². The van der Waals surface area contributed by atoms with Crippen molar-refractivity contribution in [1.82, 2.24) is 0 Å². The second-order valence-corrected chi connectivity index (χ2v) is 4.93. The normalized spacial score (nSPS) is 10.1. The summed E-state index contributed by atoms with van der Waals surface area (Å²) in [6.45, 7) is 1.70. The Morgan fingerprint density at radius 1 is 1.18 bits per heavy atom. The van der Waals surface area contributed by atoms with Gasteiger partial charge in [0.2, 0.25) is 0 Å². The molecule has 114 valence electrons. The minimum atomic E-state index is -0.652. The van der Waals surface area contributed by atoms with Gasteiger partial charge in [0.25, 0.3) is 5.69 Å². The molecule has 0 radical (unpaired) electrons. The van der Waals surface area contributed by atoms with Crippen LogP contribution in [0.5, 0.6) is 5.75 Å². The first kappa shape index (κ1) is 15.6. The lowest BCUT2D eigenvalue weighted by Gasteiger charge is -2.11. The van der Waals surface area contributed by atoms with E-state index in [2.05, 4.69) is 10.6 Å². The number of carbonyl (C=O) groups is 1. The third-order valence-electron chi connectivity index (χ3n) is 2.89. The van der Waals surface area contributed by atoms with Gasteiger partial charge in [-0.2, -0.15) is 0 Å². The van der Waals surface area contributed by atoms with Crippen LogP contribution in [-0.2, 0) is 0 Å². The third kappa shape index (κ3) is 3.64. The van der Waals surface area contributed by atoms with E-state index in [0.29, 0.717) is 16.3 Å². The summed E-state index contributed by atoms with van der Waals surface area (Å²) in [5, 5.41) is 25.6. The largest absolute Gasteiger partial charge is 0.506 e. The Kier molecular flexibility index (Phi) is 4.47. The first-order chi connectivity index (χ1) is 10.4. The molecule has 0 aromatic heterocycles. The molecule has 2 amide bonds. The summed E-state index contributed by atoms with van der Waals surface area (Å²) in [6.07, 6.45) is 0. The lowest BCUT2D eigenvalue weighted by atomic mass is 10.2. The molecule has 22 heavy (non-hydrogen) atoms. The molecule has 0 unspecified atom stereocenters. The quantitative estimate of drug-likeness (QED) is 0.453. The van der Waals surface area contributed by atoms with Crippen LogP contribution in [0.2, 0.25) is 5.02 Å². The summed E-state index contributed by atoms with van der Waals surface area (Å²) in [5.74, 6) is -0.143. The number of nitrogens with zero attached hydrogens (tertiary/aromatic N) is 1. The van der Waals surface area contributed by atoms with Crippen LogP contribution in [0, 0.1) is 17.0 Å². The van der Waals surface area contributed by atoms with Crippen LogP contribution < -0.4 is 10.6 Å². The number of non-ortho nitro benzene ring substituents is 1. The second-order valence-electron chi connectivity index (χ2n) is 4.50. The Morgan fingerprint density at radius 2 is 1.86 bits per heavy atom. The Balaban J connectivity index is 2.17. The van der Waals surface area contributed by atoms with E-state index >= 15 is 0 Å².